The third kappa shape index (κ3) is 10.6. The number of carbonyl (C=O) groups is 3. The van der Waals surface area contributed by atoms with Crippen molar-refractivity contribution in [2.24, 2.45) is 0 Å². The number of carboxylic acid groups (broad SMARTS) is 1. The van der Waals surface area contributed by atoms with Crippen LogP contribution < -0.4 is 25.5 Å². The van der Waals surface area contributed by atoms with Crippen molar-refractivity contribution in [3.8, 4) is 11.5 Å². The number of H-pyrrole nitrogens is 1. The molecule has 0 aliphatic carbocycles. The molecule has 3 aromatic heterocycles. The van der Waals surface area contributed by atoms with Gasteiger partial charge in [0.15, 0.2) is 5.43 Å². The molecule has 2 amide bonds. The molecule has 4 N–H and O–H groups in total. The molecule has 0 aliphatic heterocycles. The summed E-state index contributed by atoms with van der Waals surface area (Å²) in [6.07, 6.45) is 0. The first-order valence-electron chi connectivity index (χ1n) is 25.1. The number of hydrogen-bond donors (Lipinski definition) is 4. The number of fused-ring (bicyclic) bond motifs is 12. The lowest BCUT2D eigenvalue weighted by Crippen LogP contribution is -2.31. The molecule has 12 rings (SSSR count). The Bertz CT molecular complexity index is 4390. The number of amides is 2. The second-order valence-corrected chi connectivity index (χ2v) is 19.0. The van der Waals surface area contributed by atoms with Crippen LogP contribution in [0.15, 0.2) is 150 Å². The summed E-state index contributed by atoms with van der Waals surface area (Å²) in [5, 5.41) is 20.8. The summed E-state index contributed by atoms with van der Waals surface area (Å²) < 4.78 is 10.7. The summed E-state index contributed by atoms with van der Waals surface area (Å²) in [4.78, 5) is 79.3. The first kappa shape index (κ1) is 51.8. The van der Waals surface area contributed by atoms with E-state index in [-0.39, 0.29) is 22.8 Å². The van der Waals surface area contributed by atoms with Crippen LogP contribution in [0.4, 0.5) is 0 Å². The summed E-state index contributed by atoms with van der Waals surface area (Å²) >= 11 is 0. The number of hydrogen-bond acceptors (Lipinski definition) is 13. The SMILES string of the molecule is CN(C)CCNC(=O)c1cccc2nc3ccc4cc(=O)ccc4c3[nH]c12.COc1ccc2c(ccc3nc4cccc(C(=O)NCCN(C)C)c4nc32)c1.COc1cccc2c1ccc1nc3cccc(C(=O)O)c3nc12. The fraction of sp³-hybridized carbons (Fsp3) is 0.164. The Balaban J connectivity index is 0.000000133. The third-order valence-electron chi connectivity index (χ3n) is 13.2. The number of para-hydroxylation sites is 3. The quantitative estimate of drug-likeness (QED) is 0.0701. The average Bonchev–Trinajstić information content (AvgIpc) is 3.48. The van der Waals surface area contributed by atoms with Gasteiger partial charge in [-0.3, -0.25) is 14.4 Å². The number of nitrogens with one attached hydrogen (secondary N) is 3. The molecule has 78 heavy (non-hydrogen) atoms. The zero-order valence-electron chi connectivity index (χ0n) is 43.7. The zero-order valence-corrected chi connectivity index (χ0v) is 43.7. The molecule has 0 saturated heterocycles. The van der Waals surface area contributed by atoms with Gasteiger partial charge in [-0.2, -0.15) is 0 Å². The standard InChI is InChI=1S/C22H22N4O2.C21H20N4O2.C18H12N2O3/c1-26(2)12-11-23-22(27)17-5-4-6-18-21(17)25-20-16-9-8-15(28-3)13-14(16)7-10-19(20)24-18;1-25(2)11-10-22-21(27)16-4-3-5-17-20(16)24-19-15-8-7-14(26)12-13(15)6-9-18(19)23-17;1-23-15-7-3-4-11-10(15)8-9-14-16(11)20-17-12(18(21)22)5-2-6-13(17)19-14/h4-10,13H,11-12H2,1-3H3,(H,23,27);3-9,12,24H,10-11H2,1-2H3,(H,22,27);2-9H,1H3,(H,21,22). The van der Waals surface area contributed by atoms with Crippen molar-refractivity contribution in [2.45, 2.75) is 0 Å². The molecule has 0 atom stereocenters. The van der Waals surface area contributed by atoms with Crippen LogP contribution in [0.3, 0.4) is 0 Å². The Labute approximate surface area is 446 Å². The van der Waals surface area contributed by atoms with E-state index in [1.54, 1.807) is 56.7 Å². The number of carboxylic acids is 1. The number of aromatic amines is 1. The van der Waals surface area contributed by atoms with Gasteiger partial charge < -0.3 is 40.0 Å². The van der Waals surface area contributed by atoms with Crippen LogP contribution in [0.2, 0.25) is 0 Å². The highest BCUT2D eigenvalue weighted by molar-refractivity contribution is 6.13. The molecule has 0 saturated carbocycles. The molecule has 0 aliphatic rings. The van der Waals surface area contributed by atoms with Crippen molar-refractivity contribution in [3.05, 3.63) is 173 Å². The largest absolute Gasteiger partial charge is 0.497 e. The van der Waals surface area contributed by atoms with E-state index in [2.05, 4.69) is 25.6 Å². The third-order valence-corrected chi connectivity index (χ3v) is 13.2. The van der Waals surface area contributed by atoms with Gasteiger partial charge in [0.1, 0.15) is 22.5 Å². The Hall–Kier alpha value is -9.71. The smallest absolute Gasteiger partial charge is 0.337 e. The highest BCUT2D eigenvalue weighted by atomic mass is 16.5. The van der Waals surface area contributed by atoms with Crippen molar-refractivity contribution in [1.29, 1.82) is 0 Å². The molecule has 0 spiro atoms. The highest BCUT2D eigenvalue weighted by Crippen LogP contribution is 2.33. The Morgan fingerprint density at radius 1 is 0.487 bits per heavy atom. The fourth-order valence-corrected chi connectivity index (χ4v) is 9.33. The predicted octanol–water partition coefficient (Wildman–Crippen LogP) is 9.40. The Morgan fingerprint density at radius 2 is 1.00 bits per heavy atom. The number of benzene rings is 9. The zero-order chi connectivity index (χ0) is 54.6. The van der Waals surface area contributed by atoms with Gasteiger partial charge in [-0.15, -0.1) is 0 Å². The number of ether oxygens (including phenoxy) is 2. The van der Waals surface area contributed by atoms with Gasteiger partial charge in [0.25, 0.3) is 11.8 Å². The minimum atomic E-state index is -1.01. The van der Waals surface area contributed by atoms with Crippen LogP contribution >= 0.6 is 0 Å². The van der Waals surface area contributed by atoms with Gasteiger partial charge in [0.2, 0.25) is 0 Å². The molecule has 9 aromatic carbocycles. The summed E-state index contributed by atoms with van der Waals surface area (Å²) in [6.45, 7) is 2.69. The van der Waals surface area contributed by atoms with Crippen LogP contribution in [-0.2, 0) is 0 Å². The number of nitrogens with zero attached hydrogens (tertiary/aromatic N) is 7. The number of aromatic carboxylic acids is 1. The Morgan fingerprint density at radius 3 is 1.65 bits per heavy atom. The van der Waals surface area contributed by atoms with E-state index >= 15 is 0 Å². The molecule has 390 valence electrons. The van der Waals surface area contributed by atoms with Crippen LogP contribution in [0, 0.1) is 0 Å². The molecule has 0 radical (unpaired) electrons. The lowest BCUT2D eigenvalue weighted by molar-refractivity contribution is 0.0698. The summed E-state index contributed by atoms with van der Waals surface area (Å²) in [5.74, 6) is 0.256. The minimum absolute atomic E-state index is 0.0310. The number of carbonyl (C=O) groups excluding carboxylic acids is 2. The molecule has 3 heterocycles. The molecule has 17 nitrogen and oxygen atoms in total. The second kappa shape index (κ2) is 22.2. The number of aromatic nitrogens is 6. The van der Waals surface area contributed by atoms with Crippen molar-refractivity contribution >= 4 is 116 Å². The maximum Gasteiger partial charge on any atom is 0.337 e. The van der Waals surface area contributed by atoms with Crippen LogP contribution in [-0.4, -0.2) is 131 Å². The molecular formula is C61H54N10O7. The first-order valence-corrected chi connectivity index (χ1v) is 25.1. The van der Waals surface area contributed by atoms with E-state index in [1.807, 2.05) is 135 Å². The van der Waals surface area contributed by atoms with Crippen LogP contribution in [0.1, 0.15) is 31.1 Å². The molecule has 0 unspecified atom stereocenters. The van der Waals surface area contributed by atoms with E-state index in [4.69, 9.17) is 24.4 Å². The fourth-order valence-electron chi connectivity index (χ4n) is 9.33. The molecule has 0 bridgehead atoms. The molecule has 12 aromatic rings. The molecular weight excluding hydrogens is 985 g/mol. The van der Waals surface area contributed by atoms with E-state index in [0.29, 0.717) is 57.3 Å². The average molecular weight is 1040 g/mol. The van der Waals surface area contributed by atoms with Gasteiger partial charge in [-0.05, 0) is 142 Å². The van der Waals surface area contributed by atoms with Crippen LogP contribution in [0.5, 0.6) is 11.5 Å². The van der Waals surface area contributed by atoms with Crippen molar-refractivity contribution in [2.75, 3.05) is 68.6 Å². The van der Waals surface area contributed by atoms with Gasteiger partial charge in [-0.25, -0.2) is 29.7 Å². The molecule has 0 fully saturated rings. The Kier molecular flexibility index (Phi) is 14.8. The predicted molar refractivity (Wildman–Crippen MR) is 308 cm³/mol. The minimum Gasteiger partial charge on any atom is -0.497 e. The maximum absolute atomic E-state index is 12.7. The normalized spacial score (nSPS) is 11.4. The lowest BCUT2D eigenvalue weighted by Gasteiger charge is -2.12. The monoisotopic (exact) mass is 1040 g/mol. The van der Waals surface area contributed by atoms with Gasteiger partial charge in [0.05, 0.1) is 86.1 Å². The van der Waals surface area contributed by atoms with Crippen LogP contribution in [0.25, 0.3) is 98.5 Å². The van der Waals surface area contributed by atoms with Crippen molar-refractivity contribution in [1.82, 2.24) is 50.3 Å². The van der Waals surface area contributed by atoms with Crippen molar-refractivity contribution < 1.29 is 29.0 Å². The topological polar surface area (TPSA) is 218 Å². The number of likely N-dealkylation sites (N-methyl/N-ethyl adjacent to an activating group) is 2. The first-order chi connectivity index (χ1) is 37.8. The van der Waals surface area contributed by atoms with Crippen molar-refractivity contribution in [3.63, 3.8) is 0 Å². The number of methoxy groups -OCH3 is 2. The lowest BCUT2D eigenvalue weighted by atomic mass is 10.1. The highest BCUT2D eigenvalue weighted by Gasteiger charge is 2.17. The van der Waals surface area contributed by atoms with E-state index < -0.39 is 5.97 Å². The van der Waals surface area contributed by atoms with E-state index in [0.717, 1.165) is 90.0 Å². The summed E-state index contributed by atoms with van der Waals surface area (Å²) in [5.41, 5.74) is 9.48. The van der Waals surface area contributed by atoms with Gasteiger partial charge in [0, 0.05) is 47.7 Å². The van der Waals surface area contributed by atoms with Gasteiger partial charge >= 0.3 is 5.97 Å². The van der Waals surface area contributed by atoms with E-state index in [1.165, 1.54) is 6.07 Å². The van der Waals surface area contributed by atoms with Gasteiger partial charge in [-0.1, -0.05) is 42.5 Å². The summed E-state index contributed by atoms with van der Waals surface area (Å²) in [7, 11) is 11.1. The summed E-state index contributed by atoms with van der Waals surface area (Å²) in [6, 6.07) is 44.1. The molecule has 17 heteroatoms. The number of rotatable bonds is 11. The second-order valence-electron chi connectivity index (χ2n) is 19.0. The van der Waals surface area contributed by atoms with E-state index in [9.17, 15) is 24.3 Å². The maximum atomic E-state index is 12.7.